The molecule has 2 aromatic rings. The first kappa shape index (κ1) is 17.8. The van der Waals surface area contributed by atoms with Gasteiger partial charge in [-0.3, -0.25) is 4.79 Å². The quantitative estimate of drug-likeness (QED) is 0.888. The van der Waals surface area contributed by atoms with Crippen LogP contribution in [0.3, 0.4) is 0 Å². The maximum atomic E-state index is 12.6. The van der Waals surface area contributed by atoms with E-state index in [1.54, 1.807) is 11.0 Å². The highest BCUT2D eigenvalue weighted by atomic mass is 35.5. The van der Waals surface area contributed by atoms with E-state index in [1.807, 2.05) is 29.2 Å². The zero-order valence-electron chi connectivity index (χ0n) is 14.1. The topological polar surface area (TPSA) is 75.9 Å². The maximum absolute atomic E-state index is 12.6. The summed E-state index contributed by atoms with van der Waals surface area (Å²) in [7, 11) is 0. The van der Waals surface area contributed by atoms with Crippen LogP contribution in [0.5, 0.6) is 0 Å². The highest BCUT2D eigenvalue weighted by molar-refractivity contribution is 5.85. The van der Waals surface area contributed by atoms with Gasteiger partial charge in [-0.25, -0.2) is 4.68 Å². The third kappa shape index (κ3) is 3.82. The standard InChI is InChI=1S/C17H22N6O.ClH/c24-16(22-9-6-17(7-10-22)5-8-18-12-17)11-14-1-3-15(4-2-14)23-13-19-20-21-23;/h1-4,13,18H,5-12H2;1H. The fraction of sp³-hybridized carbons (Fsp3) is 0.529. The van der Waals surface area contributed by atoms with Crippen LogP contribution in [0.15, 0.2) is 30.6 Å². The summed E-state index contributed by atoms with van der Waals surface area (Å²) in [6.07, 6.45) is 5.53. The summed E-state index contributed by atoms with van der Waals surface area (Å²) in [5.74, 6) is 0.228. The van der Waals surface area contributed by atoms with E-state index in [4.69, 9.17) is 0 Å². The number of tetrazole rings is 1. The Morgan fingerprint density at radius 2 is 1.92 bits per heavy atom. The summed E-state index contributed by atoms with van der Waals surface area (Å²) in [5, 5.41) is 14.6. The molecule has 1 aromatic carbocycles. The zero-order chi connectivity index (χ0) is 16.4. The summed E-state index contributed by atoms with van der Waals surface area (Å²) in [4.78, 5) is 14.6. The molecule has 2 aliphatic heterocycles. The first-order valence-electron chi connectivity index (χ1n) is 8.55. The van der Waals surface area contributed by atoms with Crippen molar-refractivity contribution in [2.24, 2.45) is 5.41 Å². The van der Waals surface area contributed by atoms with Gasteiger partial charge in [0.25, 0.3) is 0 Å². The van der Waals surface area contributed by atoms with E-state index < -0.39 is 0 Å². The lowest BCUT2D eigenvalue weighted by Gasteiger charge is -2.39. The van der Waals surface area contributed by atoms with Crippen molar-refractivity contribution < 1.29 is 4.79 Å². The molecular weight excluding hydrogens is 340 g/mol. The van der Waals surface area contributed by atoms with Crippen molar-refractivity contribution in [3.8, 4) is 5.69 Å². The first-order chi connectivity index (χ1) is 11.7. The average Bonchev–Trinajstić information content (AvgIpc) is 3.29. The maximum Gasteiger partial charge on any atom is 0.226 e. The number of rotatable bonds is 3. The van der Waals surface area contributed by atoms with Crippen molar-refractivity contribution in [3.05, 3.63) is 36.2 Å². The fourth-order valence-corrected chi connectivity index (χ4v) is 3.79. The van der Waals surface area contributed by atoms with Crippen LogP contribution < -0.4 is 5.32 Å². The van der Waals surface area contributed by atoms with Crippen molar-refractivity contribution in [3.63, 3.8) is 0 Å². The molecule has 1 spiro atoms. The van der Waals surface area contributed by atoms with E-state index in [0.29, 0.717) is 11.8 Å². The van der Waals surface area contributed by atoms with Crippen LogP contribution in [0.4, 0.5) is 0 Å². The number of hydrogen-bond donors (Lipinski definition) is 1. The van der Waals surface area contributed by atoms with Gasteiger partial charge < -0.3 is 10.2 Å². The molecule has 0 bridgehead atoms. The minimum atomic E-state index is 0. The monoisotopic (exact) mass is 362 g/mol. The summed E-state index contributed by atoms with van der Waals surface area (Å²) in [5.41, 5.74) is 2.37. The van der Waals surface area contributed by atoms with E-state index in [0.717, 1.165) is 50.3 Å². The Morgan fingerprint density at radius 1 is 1.16 bits per heavy atom. The predicted octanol–water partition coefficient (Wildman–Crippen LogP) is 1.23. The number of nitrogens with one attached hydrogen (secondary N) is 1. The molecule has 1 aromatic heterocycles. The van der Waals surface area contributed by atoms with Crippen molar-refractivity contribution in [1.82, 2.24) is 30.4 Å². The average molecular weight is 363 g/mol. The van der Waals surface area contributed by atoms with Gasteiger partial charge in [0.2, 0.25) is 5.91 Å². The van der Waals surface area contributed by atoms with Gasteiger partial charge in [-0.05, 0) is 59.3 Å². The number of carbonyl (C=O) groups is 1. The van der Waals surface area contributed by atoms with E-state index in [-0.39, 0.29) is 18.3 Å². The molecule has 0 aliphatic carbocycles. The van der Waals surface area contributed by atoms with Crippen molar-refractivity contribution in [2.75, 3.05) is 26.2 Å². The molecule has 0 radical (unpaired) electrons. The van der Waals surface area contributed by atoms with E-state index in [1.165, 1.54) is 6.42 Å². The molecule has 0 saturated carbocycles. The lowest BCUT2D eigenvalue weighted by Crippen LogP contribution is -2.44. The number of amides is 1. The molecule has 7 nitrogen and oxygen atoms in total. The third-order valence-corrected chi connectivity index (χ3v) is 5.41. The molecule has 0 atom stereocenters. The number of nitrogens with zero attached hydrogens (tertiary/aromatic N) is 5. The summed E-state index contributed by atoms with van der Waals surface area (Å²) >= 11 is 0. The van der Waals surface area contributed by atoms with Crippen LogP contribution in [0, 0.1) is 5.41 Å². The van der Waals surface area contributed by atoms with Gasteiger partial charge in [-0.15, -0.1) is 17.5 Å². The molecule has 2 aliphatic rings. The highest BCUT2D eigenvalue weighted by Gasteiger charge is 2.37. The Labute approximate surface area is 153 Å². The minimum Gasteiger partial charge on any atom is -0.342 e. The van der Waals surface area contributed by atoms with Crippen molar-refractivity contribution in [2.45, 2.75) is 25.7 Å². The molecule has 1 amide bonds. The van der Waals surface area contributed by atoms with Gasteiger partial charge in [0, 0.05) is 19.6 Å². The van der Waals surface area contributed by atoms with E-state index >= 15 is 0 Å². The van der Waals surface area contributed by atoms with Crippen molar-refractivity contribution >= 4 is 18.3 Å². The summed E-state index contributed by atoms with van der Waals surface area (Å²) in [6, 6.07) is 7.82. The number of piperidine rings is 1. The second-order valence-electron chi connectivity index (χ2n) is 6.91. The van der Waals surface area contributed by atoms with Gasteiger partial charge in [-0.1, -0.05) is 12.1 Å². The lowest BCUT2D eigenvalue weighted by molar-refractivity contribution is -0.132. The largest absolute Gasteiger partial charge is 0.342 e. The van der Waals surface area contributed by atoms with Crippen LogP contribution in [0.1, 0.15) is 24.8 Å². The van der Waals surface area contributed by atoms with Crippen molar-refractivity contribution in [1.29, 1.82) is 0 Å². The molecule has 2 fully saturated rings. The number of likely N-dealkylation sites (tertiary alicyclic amines) is 1. The molecule has 4 rings (SSSR count). The molecule has 8 heteroatoms. The molecular formula is C17H23ClN6O. The molecule has 2 saturated heterocycles. The Bertz CT molecular complexity index is 686. The van der Waals surface area contributed by atoms with Gasteiger partial charge in [0.15, 0.2) is 0 Å². The van der Waals surface area contributed by atoms with Crippen LogP contribution in [-0.4, -0.2) is 57.2 Å². The van der Waals surface area contributed by atoms with Gasteiger partial charge in [0.1, 0.15) is 6.33 Å². The minimum absolute atomic E-state index is 0. The Kier molecular flexibility index (Phi) is 5.34. The SMILES string of the molecule is Cl.O=C(Cc1ccc(-n2cnnn2)cc1)N1CCC2(CCNC2)CC1. The predicted molar refractivity (Wildman–Crippen MR) is 95.8 cm³/mol. The number of hydrogen-bond acceptors (Lipinski definition) is 5. The van der Waals surface area contributed by atoms with Crippen LogP contribution >= 0.6 is 12.4 Å². The summed E-state index contributed by atoms with van der Waals surface area (Å²) < 4.78 is 1.60. The summed E-state index contributed by atoms with van der Waals surface area (Å²) in [6.45, 7) is 4.03. The fourth-order valence-electron chi connectivity index (χ4n) is 3.79. The highest BCUT2D eigenvalue weighted by Crippen LogP contribution is 2.36. The lowest BCUT2D eigenvalue weighted by atomic mass is 9.78. The smallest absolute Gasteiger partial charge is 0.226 e. The second-order valence-corrected chi connectivity index (χ2v) is 6.91. The second kappa shape index (κ2) is 7.49. The normalized spacial score (nSPS) is 19.0. The van der Waals surface area contributed by atoms with E-state index in [9.17, 15) is 4.79 Å². The van der Waals surface area contributed by atoms with Gasteiger partial charge >= 0.3 is 0 Å². The third-order valence-electron chi connectivity index (χ3n) is 5.41. The first-order valence-corrected chi connectivity index (χ1v) is 8.55. The Morgan fingerprint density at radius 3 is 2.52 bits per heavy atom. The molecule has 25 heavy (non-hydrogen) atoms. The van der Waals surface area contributed by atoms with Crippen LogP contribution in [-0.2, 0) is 11.2 Å². The van der Waals surface area contributed by atoms with Crippen LogP contribution in [0.2, 0.25) is 0 Å². The number of benzene rings is 1. The molecule has 0 unspecified atom stereocenters. The Hall–Kier alpha value is -1.99. The van der Waals surface area contributed by atoms with E-state index in [2.05, 4.69) is 20.8 Å². The van der Waals surface area contributed by atoms with Crippen LogP contribution in [0.25, 0.3) is 5.69 Å². The number of carbonyl (C=O) groups excluding carboxylic acids is 1. The molecule has 1 N–H and O–H groups in total. The Balaban J connectivity index is 0.00000182. The zero-order valence-corrected chi connectivity index (χ0v) is 14.9. The number of halogens is 1. The molecule has 3 heterocycles. The number of aromatic nitrogens is 4. The van der Waals surface area contributed by atoms with Gasteiger partial charge in [-0.2, -0.15) is 0 Å². The molecule has 134 valence electrons. The van der Waals surface area contributed by atoms with Gasteiger partial charge in [0.05, 0.1) is 12.1 Å².